The van der Waals surface area contributed by atoms with Crippen LogP contribution in [0.25, 0.3) is 11.1 Å². The van der Waals surface area contributed by atoms with E-state index in [-0.39, 0.29) is 12.1 Å². The Morgan fingerprint density at radius 3 is 1.96 bits per heavy atom. The maximum Gasteiger partial charge on any atom is 0.338 e. The van der Waals surface area contributed by atoms with Crippen molar-refractivity contribution in [3.63, 3.8) is 0 Å². The molecule has 0 aromatic heterocycles. The summed E-state index contributed by atoms with van der Waals surface area (Å²) in [6, 6.07) is 25.1. The van der Waals surface area contributed by atoms with Crippen LogP contribution in [0.1, 0.15) is 35.4 Å². The van der Waals surface area contributed by atoms with E-state index in [0.29, 0.717) is 5.56 Å². The number of carbonyl (C=O) groups is 1. The Labute approximate surface area is 154 Å². The van der Waals surface area contributed by atoms with Gasteiger partial charge in [-0.05, 0) is 47.4 Å². The molecule has 132 valence electrons. The number of rotatable bonds is 6. The molecule has 0 N–H and O–H groups in total. The zero-order valence-electron chi connectivity index (χ0n) is 15.0. The van der Waals surface area contributed by atoms with Crippen molar-refractivity contribution in [2.45, 2.75) is 19.4 Å². The Morgan fingerprint density at radius 2 is 1.42 bits per heavy atom. The van der Waals surface area contributed by atoms with Crippen molar-refractivity contribution in [3.05, 3.63) is 90.0 Å². The van der Waals surface area contributed by atoms with E-state index in [2.05, 4.69) is 0 Å². The van der Waals surface area contributed by atoms with Crippen LogP contribution in [0.4, 0.5) is 0 Å². The Hall–Kier alpha value is -3.07. The fourth-order valence-corrected chi connectivity index (χ4v) is 2.83. The van der Waals surface area contributed by atoms with Gasteiger partial charge >= 0.3 is 5.97 Å². The summed E-state index contributed by atoms with van der Waals surface area (Å²) in [7, 11) is 1.65. The smallest absolute Gasteiger partial charge is 0.338 e. The van der Waals surface area contributed by atoms with Gasteiger partial charge < -0.3 is 9.47 Å². The summed E-state index contributed by atoms with van der Waals surface area (Å²) in [5, 5.41) is 0. The highest BCUT2D eigenvalue weighted by Gasteiger charge is 2.16. The second kappa shape index (κ2) is 8.34. The van der Waals surface area contributed by atoms with E-state index in [1.165, 1.54) is 0 Å². The van der Waals surface area contributed by atoms with Gasteiger partial charge in [0, 0.05) is 0 Å². The van der Waals surface area contributed by atoms with Gasteiger partial charge in [0.15, 0.2) is 0 Å². The third-order valence-corrected chi connectivity index (χ3v) is 4.34. The number of ether oxygens (including phenoxy) is 2. The van der Waals surface area contributed by atoms with E-state index in [4.69, 9.17) is 9.47 Å². The van der Waals surface area contributed by atoms with Gasteiger partial charge in [0.25, 0.3) is 0 Å². The van der Waals surface area contributed by atoms with Crippen LogP contribution in [0.5, 0.6) is 5.75 Å². The van der Waals surface area contributed by atoms with Crippen molar-refractivity contribution >= 4 is 5.97 Å². The lowest BCUT2D eigenvalue weighted by Crippen LogP contribution is -2.11. The molecule has 3 heteroatoms. The summed E-state index contributed by atoms with van der Waals surface area (Å²) >= 11 is 0. The van der Waals surface area contributed by atoms with Gasteiger partial charge in [-0.3, -0.25) is 0 Å². The van der Waals surface area contributed by atoms with Crippen molar-refractivity contribution in [2.24, 2.45) is 0 Å². The Bertz CT molecular complexity index is 837. The summed E-state index contributed by atoms with van der Waals surface area (Å²) in [4.78, 5) is 12.5. The second-order valence-corrected chi connectivity index (χ2v) is 6.02. The van der Waals surface area contributed by atoms with Gasteiger partial charge in [-0.2, -0.15) is 0 Å². The average Bonchev–Trinajstić information content (AvgIpc) is 2.72. The first-order valence-electron chi connectivity index (χ1n) is 8.71. The van der Waals surface area contributed by atoms with Crippen molar-refractivity contribution in [2.75, 3.05) is 7.11 Å². The average molecular weight is 346 g/mol. The van der Waals surface area contributed by atoms with E-state index < -0.39 is 0 Å². The third-order valence-electron chi connectivity index (χ3n) is 4.34. The van der Waals surface area contributed by atoms with Crippen LogP contribution in [0.15, 0.2) is 78.9 Å². The van der Waals surface area contributed by atoms with Crippen molar-refractivity contribution in [1.29, 1.82) is 0 Å². The minimum absolute atomic E-state index is 0.232. The molecule has 0 aliphatic carbocycles. The molecular formula is C23H22O3. The second-order valence-electron chi connectivity index (χ2n) is 6.02. The van der Waals surface area contributed by atoms with E-state index in [0.717, 1.165) is 28.9 Å². The molecule has 3 aromatic carbocycles. The lowest BCUT2D eigenvalue weighted by molar-refractivity contribution is 0.0288. The van der Waals surface area contributed by atoms with Crippen LogP contribution >= 0.6 is 0 Å². The SMILES string of the molecule is CC[C@H](OC(=O)c1ccc(-c2ccc(OC)cc2)cc1)c1ccccc1. The first kappa shape index (κ1) is 17.7. The monoisotopic (exact) mass is 346 g/mol. The summed E-state index contributed by atoms with van der Waals surface area (Å²) in [5.41, 5.74) is 3.68. The van der Waals surface area contributed by atoms with E-state index >= 15 is 0 Å². The molecule has 0 fully saturated rings. The molecule has 26 heavy (non-hydrogen) atoms. The Balaban J connectivity index is 1.72. The van der Waals surface area contributed by atoms with Crippen LogP contribution in [0, 0.1) is 0 Å². The molecule has 3 rings (SSSR count). The van der Waals surface area contributed by atoms with Gasteiger partial charge in [-0.15, -0.1) is 0 Å². The highest BCUT2D eigenvalue weighted by molar-refractivity contribution is 5.90. The molecule has 0 heterocycles. The zero-order chi connectivity index (χ0) is 18.4. The van der Waals surface area contributed by atoms with Gasteiger partial charge in [0.1, 0.15) is 11.9 Å². The van der Waals surface area contributed by atoms with Crippen molar-refractivity contribution in [1.82, 2.24) is 0 Å². The Kier molecular flexibility index (Phi) is 5.69. The molecule has 1 atom stereocenters. The number of benzene rings is 3. The van der Waals surface area contributed by atoms with E-state index in [1.807, 2.05) is 73.7 Å². The molecule has 3 nitrogen and oxygen atoms in total. The quantitative estimate of drug-likeness (QED) is 0.539. The Morgan fingerprint density at radius 1 is 0.846 bits per heavy atom. The standard InChI is InChI=1S/C23H22O3/c1-3-22(19-7-5-4-6-8-19)26-23(24)20-11-9-17(10-12-20)18-13-15-21(25-2)16-14-18/h4-16,22H,3H2,1-2H3/t22-/m0/s1. The molecule has 0 bridgehead atoms. The number of hydrogen-bond donors (Lipinski definition) is 0. The first-order valence-corrected chi connectivity index (χ1v) is 8.71. The van der Waals surface area contributed by atoms with Gasteiger partial charge in [-0.25, -0.2) is 4.79 Å². The normalized spacial score (nSPS) is 11.6. The van der Waals surface area contributed by atoms with E-state index in [1.54, 1.807) is 19.2 Å². The molecule has 0 spiro atoms. The number of methoxy groups -OCH3 is 1. The summed E-state index contributed by atoms with van der Waals surface area (Å²) in [6.45, 7) is 2.01. The topological polar surface area (TPSA) is 35.5 Å². The maximum atomic E-state index is 12.5. The molecule has 0 unspecified atom stereocenters. The maximum absolute atomic E-state index is 12.5. The summed E-state index contributed by atoms with van der Waals surface area (Å²) in [6.07, 6.45) is 0.504. The van der Waals surface area contributed by atoms with Crippen molar-refractivity contribution in [3.8, 4) is 16.9 Å². The van der Waals surface area contributed by atoms with Crippen LogP contribution in [-0.4, -0.2) is 13.1 Å². The minimum atomic E-state index is -0.304. The molecule has 0 radical (unpaired) electrons. The molecule has 3 aromatic rings. The van der Waals surface area contributed by atoms with Gasteiger partial charge in [0.05, 0.1) is 12.7 Å². The number of carbonyl (C=O) groups excluding carboxylic acids is 1. The van der Waals surface area contributed by atoms with Crippen LogP contribution < -0.4 is 4.74 Å². The number of hydrogen-bond acceptors (Lipinski definition) is 3. The molecule has 0 saturated carbocycles. The fourth-order valence-electron chi connectivity index (χ4n) is 2.83. The molecule has 0 amide bonds. The van der Waals surface area contributed by atoms with E-state index in [9.17, 15) is 4.79 Å². The highest BCUT2D eigenvalue weighted by atomic mass is 16.5. The first-order chi connectivity index (χ1) is 12.7. The number of esters is 1. The lowest BCUT2D eigenvalue weighted by Gasteiger charge is -2.16. The van der Waals surface area contributed by atoms with Gasteiger partial charge in [-0.1, -0.05) is 61.5 Å². The summed E-state index contributed by atoms with van der Waals surface area (Å²) in [5.74, 6) is 0.516. The molecule has 0 aliphatic heterocycles. The molecule has 0 aliphatic rings. The highest BCUT2D eigenvalue weighted by Crippen LogP contribution is 2.25. The third kappa shape index (κ3) is 4.12. The van der Waals surface area contributed by atoms with Crippen LogP contribution in [0.3, 0.4) is 0 Å². The van der Waals surface area contributed by atoms with Crippen molar-refractivity contribution < 1.29 is 14.3 Å². The minimum Gasteiger partial charge on any atom is -0.497 e. The largest absolute Gasteiger partial charge is 0.497 e. The molecule has 0 saturated heterocycles. The predicted molar refractivity (Wildman–Crippen MR) is 103 cm³/mol. The molecular weight excluding hydrogens is 324 g/mol. The summed E-state index contributed by atoms with van der Waals surface area (Å²) < 4.78 is 10.9. The zero-order valence-corrected chi connectivity index (χ0v) is 15.0. The van der Waals surface area contributed by atoms with Gasteiger partial charge in [0.2, 0.25) is 0 Å². The lowest BCUT2D eigenvalue weighted by atomic mass is 10.0. The fraction of sp³-hybridized carbons (Fsp3) is 0.174. The van der Waals surface area contributed by atoms with Crippen LogP contribution in [-0.2, 0) is 4.74 Å². The predicted octanol–water partition coefficient (Wildman–Crippen LogP) is 5.67. The van der Waals surface area contributed by atoms with Crippen LogP contribution in [0.2, 0.25) is 0 Å².